The zero-order valence-electron chi connectivity index (χ0n) is 50.9. The molecule has 3 atom stereocenters. The summed E-state index contributed by atoms with van der Waals surface area (Å²) in [6, 6.07) is -0.886. The Hall–Kier alpha value is -3.59. The van der Waals surface area contributed by atoms with Crippen LogP contribution >= 0.6 is 7.82 Å². The molecule has 0 saturated heterocycles. The van der Waals surface area contributed by atoms with Crippen molar-refractivity contribution in [3.8, 4) is 0 Å². The zero-order valence-corrected chi connectivity index (χ0v) is 51.8. The van der Waals surface area contributed by atoms with Crippen molar-refractivity contribution in [2.24, 2.45) is 0 Å². The SMILES string of the molecule is CC/C=C\C/C=C\C/C=C\C/C=C\C/C=C\C/C=C\CCCCC(=O)NC(COP(=O)(O)OCC[N+](C)(C)C)C(/C=C/CCCCCCCCCCCC)OC(=O)CCCCCCCC/C=C\C/C=C\C/C=C\CCCCC. The van der Waals surface area contributed by atoms with Gasteiger partial charge in [0.15, 0.2) is 0 Å². The molecular formula is C68H118N2O7P+. The lowest BCUT2D eigenvalue weighted by Gasteiger charge is -2.27. The third-order valence-electron chi connectivity index (χ3n) is 13.1. The van der Waals surface area contributed by atoms with E-state index in [1.165, 1.54) is 77.0 Å². The molecule has 0 radical (unpaired) electrons. The van der Waals surface area contributed by atoms with Gasteiger partial charge in [-0.05, 0) is 122 Å². The molecule has 0 saturated carbocycles. The number of allylic oxidation sites excluding steroid dienone is 19. The van der Waals surface area contributed by atoms with E-state index in [9.17, 15) is 19.0 Å². The van der Waals surface area contributed by atoms with Crippen LogP contribution in [0.3, 0.4) is 0 Å². The molecule has 1 amide bonds. The number of hydrogen-bond donors (Lipinski definition) is 2. The van der Waals surface area contributed by atoms with Gasteiger partial charge in [-0.25, -0.2) is 4.57 Å². The Bertz CT molecular complexity index is 1750. The molecule has 0 aliphatic carbocycles. The Kier molecular flexibility index (Phi) is 54.1. The van der Waals surface area contributed by atoms with Gasteiger partial charge in [0.2, 0.25) is 5.91 Å². The van der Waals surface area contributed by atoms with Gasteiger partial charge in [0.25, 0.3) is 0 Å². The fraction of sp³-hybridized carbons (Fsp3) is 0.676. The first kappa shape index (κ1) is 74.4. The first-order valence-corrected chi connectivity index (χ1v) is 32.9. The molecular weight excluding hydrogens is 988 g/mol. The summed E-state index contributed by atoms with van der Waals surface area (Å²) in [5.74, 6) is -0.578. The van der Waals surface area contributed by atoms with Crippen molar-refractivity contribution in [1.29, 1.82) is 0 Å². The lowest BCUT2D eigenvalue weighted by molar-refractivity contribution is -0.870. The maximum Gasteiger partial charge on any atom is 0.472 e. The minimum absolute atomic E-state index is 0.0227. The summed E-state index contributed by atoms with van der Waals surface area (Å²) in [6.45, 7) is 6.81. The molecule has 9 nitrogen and oxygen atoms in total. The maximum atomic E-state index is 13.5. The largest absolute Gasteiger partial charge is 0.472 e. The lowest BCUT2D eigenvalue weighted by atomic mass is 10.1. The van der Waals surface area contributed by atoms with Crippen LogP contribution in [0.5, 0.6) is 0 Å². The van der Waals surface area contributed by atoms with Gasteiger partial charge < -0.3 is 19.4 Å². The van der Waals surface area contributed by atoms with Crippen LogP contribution in [-0.4, -0.2) is 74.3 Å². The normalized spacial score (nSPS) is 14.5. The van der Waals surface area contributed by atoms with E-state index in [0.29, 0.717) is 23.9 Å². The van der Waals surface area contributed by atoms with Crippen LogP contribution in [-0.2, 0) is 27.9 Å². The average Bonchev–Trinajstić information content (AvgIpc) is 3.40. The monoisotopic (exact) mass is 1110 g/mol. The van der Waals surface area contributed by atoms with E-state index in [1.807, 2.05) is 33.3 Å². The molecule has 0 aliphatic rings. The molecule has 0 aromatic rings. The molecule has 3 unspecified atom stereocenters. The van der Waals surface area contributed by atoms with E-state index < -0.39 is 20.0 Å². The molecule has 78 heavy (non-hydrogen) atoms. The molecule has 10 heteroatoms. The van der Waals surface area contributed by atoms with Crippen LogP contribution < -0.4 is 5.32 Å². The number of phosphoric ester groups is 1. The molecule has 0 bridgehead atoms. The van der Waals surface area contributed by atoms with Gasteiger partial charge in [-0.2, -0.15) is 0 Å². The number of carbonyl (C=O) groups is 2. The molecule has 446 valence electrons. The van der Waals surface area contributed by atoms with Crippen LogP contribution in [0.4, 0.5) is 0 Å². The van der Waals surface area contributed by atoms with E-state index in [2.05, 4.69) is 135 Å². The number of carbonyl (C=O) groups excluding carboxylic acids is 2. The van der Waals surface area contributed by atoms with Gasteiger partial charge in [0, 0.05) is 12.8 Å². The minimum Gasteiger partial charge on any atom is -0.456 e. The molecule has 0 aromatic carbocycles. The summed E-state index contributed by atoms with van der Waals surface area (Å²) < 4.78 is 30.7. The summed E-state index contributed by atoms with van der Waals surface area (Å²) in [5, 5.41) is 3.03. The van der Waals surface area contributed by atoms with Gasteiger partial charge in [0.1, 0.15) is 19.3 Å². The van der Waals surface area contributed by atoms with E-state index >= 15 is 0 Å². The number of unbranched alkanes of at least 4 members (excludes halogenated alkanes) is 21. The Balaban J connectivity index is 5.37. The fourth-order valence-corrected chi connectivity index (χ4v) is 9.04. The average molecular weight is 1110 g/mol. The molecule has 0 rings (SSSR count). The molecule has 0 fully saturated rings. The molecule has 2 N–H and O–H groups in total. The number of phosphoric acid groups is 1. The van der Waals surface area contributed by atoms with E-state index in [0.717, 1.165) is 122 Å². The van der Waals surface area contributed by atoms with Crippen LogP contribution in [0, 0.1) is 0 Å². The van der Waals surface area contributed by atoms with Crippen LogP contribution in [0.1, 0.15) is 245 Å². The Morgan fingerprint density at radius 1 is 0.462 bits per heavy atom. The second-order valence-corrected chi connectivity index (χ2v) is 23.3. The number of quaternary nitrogens is 1. The number of likely N-dealkylation sites (N-methyl/N-ethyl adjacent to an activating group) is 1. The van der Waals surface area contributed by atoms with Crippen LogP contribution in [0.25, 0.3) is 0 Å². The number of esters is 1. The van der Waals surface area contributed by atoms with Crippen molar-refractivity contribution in [3.05, 3.63) is 122 Å². The van der Waals surface area contributed by atoms with Crippen molar-refractivity contribution < 1.29 is 37.3 Å². The van der Waals surface area contributed by atoms with Gasteiger partial charge in [0.05, 0.1) is 33.8 Å². The Morgan fingerprint density at radius 2 is 0.821 bits per heavy atom. The zero-order chi connectivity index (χ0) is 57.2. The fourth-order valence-electron chi connectivity index (χ4n) is 8.30. The third kappa shape index (κ3) is 57.1. The summed E-state index contributed by atoms with van der Waals surface area (Å²) in [7, 11) is 1.44. The van der Waals surface area contributed by atoms with Gasteiger partial charge in [-0.15, -0.1) is 0 Å². The van der Waals surface area contributed by atoms with Crippen molar-refractivity contribution >= 4 is 19.7 Å². The van der Waals surface area contributed by atoms with Gasteiger partial charge >= 0.3 is 13.8 Å². The van der Waals surface area contributed by atoms with Crippen LogP contribution in [0.15, 0.2) is 122 Å². The molecule has 0 heterocycles. The lowest BCUT2D eigenvalue weighted by Crippen LogP contribution is -2.47. The number of hydrogen-bond acceptors (Lipinski definition) is 6. The van der Waals surface area contributed by atoms with Crippen molar-refractivity contribution in [2.45, 2.75) is 258 Å². The van der Waals surface area contributed by atoms with Gasteiger partial charge in [-0.1, -0.05) is 233 Å². The highest BCUT2D eigenvalue weighted by Crippen LogP contribution is 2.43. The predicted molar refractivity (Wildman–Crippen MR) is 336 cm³/mol. The first-order valence-electron chi connectivity index (χ1n) is 31.4. The smallest absolute Gasteiger partial charge is 0.456 e. The Morgan fingerprint density at radius 3 is 1.27 bits per heavy atom. The predicted octanol–water partition coefficient (Wildman–Crippen LogP) is 19.5. The third-order valence-corrected chi connectivity index (χ3v) is 14.1. The second kappa shape index (κ2) is 56.7. The summed E-state index contributed by atoms with van der Waals surface area (Å²) in [6.07, 6.45) is 79.1. The number of amides is 1. The topological polar surface area (TPSA) is 111 Å². The standard InChI is InChI=1S/C68H117N2O7P/c1-7-10-13-16-19-22-25-28-30-32-34-35-37-38-40-42-45-48-51-54-57-60-67(71)69-65(64-76-78(73,74)75-63-62-70(4,5)6)66(59-56-53-50-47-44-27-24-21-18-15-12-9-3)77-68(72)61-58-55-52-49-46-43-41-39-36-33-31-29-26-23-20-17-14-11-8-2/h10,13,19-20,22-23,28-31,34-36,38-40,45,48,56,59,65-66H,7-9,11-12,14-18,21,24-27,32-33,37,41-44,46-47,49-55,57-58,60-64H2,1-6H3,(H-,69,71,73,74)/p+1/b13-10-,22-19-,23-20-,30-28-,31-29-,35-34-,39-36-,40-38-,48-45-,59-56+. The number of nitrogens with one attached hydrogen (secondary N) is 1. The van der Waals surface area contributed by atoms with Crippen molar-refractivity contribution in [3.63, 3.8) is 0 Å². The number of nitrogens with zero attached hydrogens (tertiary/aromatic N) is 1. The maximum absolute atomic E-state index is 13.5. The van der Waals surface area contributed by atoms with E-state index in [4.69, 9.17) is 13.8 Å². The summed E-state index contributed by atoms with van der Waals surface area (Å²) >= 11 is 0. The Labute approximate surface area is 480 Å². The molecule has 0 aromatic heterocycles. The molecule has 0 aliphatic heterocycles. The first-order chi connectivity index (χ1) is 37.9. The highest BCUT2D eigenvalue weighted by molar-refractivity contribution is 7.47. The minimum atomic E-state index is -4.47. The number of ether oxygens (including phenoxy) is 1. The summed E-state index contributed by atoms with van der Waals surface area (Å²) in [4.78, 5) is 37.7. The van der Waals surface area contributed by atoms with Crippen molar-refractivity contribution in [2.75, 3.05) is 40.9 Å². The van der Waals surface area contributed by atoms with Crippen molar-refractivity contribution in [1.82, 2.24) is 5.32 Å². The highest BCUT2D eigenvalue weighted by Gasteiger charge is 2.30. The second-order valence-electron chi connectivity index (χ2n) is 21.8. The highest BCUT2D eigenvalue weighted by atomic mass is 31.2. The quantitative estimate of drug-likeness (QED) is 0.0205. The van der Waals surface area contributed by atoms with Gasteiger partial charge in [-0.3, -0.25) is 18.6 Å². The molecule has 0 spiro atoms. The summed E-state index contributed by atoms with van der Waals surface area (Å²) in [5.41, 5.74) is 0. The van der Waals surface area contributed by atoms with E-state index in [-0.39, 0.29) is 37.9 Å². The van der Waals surface area contributed by atoms with E-state index in [1.54, 1.807) is 0 Å². The van der Waals surface area contributed by atoms with Crippen LogP contribution in [0.2, 0.25) is 0 Å². The number of rotatable bonds is 55.